The van der Waals surface area contributed by atoms with E-state index < -0.39 is 0 Å². The molecule has 0 aliphatic carbocycles. The molecule has 1 heterocycles. The van der Waals surface area contributed by atoms with Crippen molar-refractivity contribution in [1.29, 1.82) is 0 Å². The van der Waals surface area contributed by atoms with Crippen LogP contribution < -0.4 is 9.47 Å². The maximum Gasteiger partial charge on any atom is 0.311 e. The second-order valence-corrected chi connectivity index (χ2v) is 7.67. The van der Waals surface area contributed by atoms with Crippen molar-refractivity contribution in [2.75, 3.05) is 6.61 Å². The van der Waals surface area contributed by atoms with Gasteiger partial charge in [-0.1, -0.05) is 65.2 Å². The number of rotatable bonds is 15. The van der Waals surface area contributed by atoms with Gasteiger partial charge in [0.2, 0.25) is 0 Å². The molecule has 0 aliphatic heterocycles. The molecule has 0 amide bonds. The summed E-state index contributed by atoms with van der Waals surface area (Å²) in [6.45, 7) is 5.15. The van der Waals surface area contributed by atoms with Gasteiger partial charge in [0.05, 0.1) is 19.0 Å². The van der Waals surface area contributed by atoms with Crippen LogP contribution in [0, 0.1) is 0 Å². The van der Waals surface area contributed by atoms with Crippen LogP contribution in [-0.4, -0.2) is 22.5 Å². The summed E-state index contributed by atoms with van der Waals surface area (Å²) in [6, 6.07) is 7.77. The number of carbonyl (C=O) groups excluding carboxylic acids is 1. The summed E-state index contributed by atoms with van der Waals surface area (Å²) in [4.78, 5) is 20.6. The molecule has 5 heteroatoms. The molecule has 0 saturated heterocycles. The van der Waals surface area contributed by atoms with Crippen LogP contribution in [0.15, 0.2) is 36.7 Å². The Hall–Kier alpha value is -2.43. The Morgan fingerprint density at radius 3 is 2.03 bits per heavy atom. The number of esters is 1. The van der Waals surface area contributed by atoms with Crippen molar-refractivity contribution >= 4 is 5.97 Å². The van der Waals surface area contributed by atoms with E-state index in [-0.39, 0.29) is 5.97 Å². The van der Waals surface area contributed by atoms with E-state index in [4.69, 9.17) is 9.47 Å². The largest absolute Gasteiger partial charge is 0.494 e. The summed E-state index contributed by atoms with van der Waals surface area (Å²) in [7, 11) is 0. The Balaban J connectivity index is 1.73. The second kappa shape index (κ2) is 14.5. The van der Waals surface area contributed by atoms with E-state index in [1.807, 2.05) is 24.3 Å². The van der Waals surface area contributed by atoms with E-state index in [9.17, 15) is 4.79 Å². The number of hydrogen-bond donors (Lipinski definition) is 0. The molecule has 0 spiro atoms. The zero-order valence-corrected chi connectivity index (χ0v) is 18.6. The Labute approximate surface area is 181 Å². The number of unbranched alkanes of at least 4 members (excludes halogenated alkanes) is 8. The predicted molar refractivity (Wildman–Crippen MR) is 121 cm³/mol. The van der Waals surface area contributed by atoms with Crippen LogP contribution in [0.25, 0.3) is 11.4 Å². The van der Waals surface area contributed by atoms with Gasteiger partial charge in [0.15, 0.2) is 11.6 Å². The first-order valence-electron chi connectivity index (χ1n) is 11.5. The first-order valence-corrected chi connectivity index (χ1v) is 11.5. The molecule has 0 bridgehead atoms. The van der Waals surface area contributed by atoms with Crippen LogP contribution in [0.4, 0.5) is 0 Å². The minimum absolute atomic E-state index is 0.220. The molecule has 0 unspecified atom stereocenters. The molecule has 5 nitrogen and oxygen atoms in total. The van der Waals surface area contributed by atoms with Gasteiger partial charge >= 0.3 is 5.97 Å². The molecule has 0 fully saturated rings. The Bertz CT molecular complexity index is 714. The summed E-state index contributed by atoms with van der Waals surface area (Å²) in [5.41, 5.74) is 0.901. The lowest BCUT2D eigenvalue weighted by molar-refractivity contribution is -0.134. The molecule has 0 N–H and O–H groups in total. The molecule has 1 aromatic carbocycles. The van der Waals surface area contributed by atoms with Gasteiger partial charge < -0.3 is 9.47 Å². The number of ether oxygens (including phenoxy) is 2. The van der Waals surface area contributed by atoms with Crippen molar-refractivity contribution in [3.63, 3.8) is 0 Å². The normalized spacial score (nSPS) is 10.7. The summed E-state index contributed by atoms with van der Waals surface area (Å²) in [5, 5.41) is 0. The standard InChI is InChI=1S/C25H36N2O3/c1-3-5-7-9-10-11-13-24(28)30-23-19-26-25(27-20-23)21-14-16-22(17-15-21)29-18-12-8-6-4-2/h14-17,19-20H,3-13,18H2,1-2H3. The highest BCUT2D eigenvalue weighted by Gasteiger charge is 2.07. The van der Waals surface area contributed by atoms with Gasteiger partial charge in [-0.15, -0.1) is 0 Å². The molecule has 2 rings (SSSR count). The number of carbonyl (C=O) groups is 1. The number of nitrogens with zero attached hydrogens (tertiary/aromatic N) is 2. The third-order valence-corrected chi connectivity index (χ3v) is 4.97. The minimum atomic E-state index is -0.220. The van der Waals surface area contributed by atoms with Crippen LogP contribution in [0.2, 0.25) is 0 Å². The van der Waals surface area contributed by atoms with Crippen LogP contribution in [0.5, 0.6) is 11.5 Å². The van der Waals surface area contributed by atoms with Gasteiger partial charge in [0, 0.05) is 12.0 Å². The SMILES string of the molecule is CCCCCCCCC(=O)Oc1cnc(-c2ccc(OCCCCCC)cc2)nc1. The van der Waals surface area contributed by atoms with E-state index in [1.54, 1.807) is 12.4 Å². The molecular formula is C25H36N2O3. The van der Waals surface area contributed by atoms with Crippen LogP contribution in [0.3, 0.4) is 0 Å². The molecule has 0 saturated carbocycles. The predicted octanol–water partition coefficient (Wildman–Crippen LogP) is 6.76. The fourth-order valence-corrected chi connectivity index (χ4v) is 3.17. The lowest BCUT2D eigenvalue weighted by atomic mass is 10.1. The van der Waals surface area contributed by atoms with Crippen molar-refractivity contribution in [3.05, 3.63) is 36.7 Å². The Morgan fingerprint density at radius 2 is 1.37 bits per heavy atom. The summed E-state index contributed by atoms with van der Waals surface area (Å²) in [6.07, 6.45) is 15.2. The summed E-state index contributed by atoms with van der Waals surface area (Å²) < 4.78 is 11.1. The molecule has 0 atom stereocenters. The van der Waals surface area contributed by atoms with E-state index in [1.165, 1.54) is 44.9 Å². The smallest absolute Gasteiger partial charge is 0.311 e. The van der Waals surface area contributed by atoms with E-state index in [2.05, 4.69) is 23.8 Å². The number of aromatic nitrogens is 2. The highest BCUT2D eigenvalue weighted by molar-refractivity contribution is 5.72. The monoisotopic (exact) mass is 412 g/mol. The van der Waals surface area contributed by atoms with Gasteiger partial charge in [-0.3, -0.25) is 4.79 Å². The van der Waals surface area contributed by atoms with Crippen LogP contribution >= 0.6 is 0 Å². The Morgan fingerprint density at radius 1 is 0.767 bits per heavy atom. The Kier molecular flexibility index (Phi) is 11.6. The average Bonchev–Trinajstić information content (AvgIpc) is 2.77. The van der Waals surface area contributed by atoms with Gasteiger partial charge in [0.1, 0.15) is 5.75 Å². The van der Waals surface area contributed by atoms with Gasteiger partial charge in [-0.25, -0.2) is 9.97 Å². The van der Waals surface area contributed by atoms with E-state index in [0.717, 1.165) is 37.2 Å². The molecule has 1 aromatic heterocycles. The van der Waals surface area contributed by atoms with Crippen molar-refractivity contribution in [3.8, 4) is 22.9 Å². The third kappa shape index (κ3) is 9.38. The summed E-state index contributed by atoms with van der Waals surface area (Å²) in [5.74, 6) is 1.62. The van der Waals surface area contributed by atoms with Crippen LogP contribution in [-0.2, 0) is 4.79 Å². The summed E-state index contributed by atoms with van der Waals surface area (Å²) >= 11 is 0. The minimum Gasteiger partial charge on any atom is -0.494 e. The maximum atomic E-state index is 11.9. The third-order valence-electron chi connectivity index (χ3n) is 4.97. The molecule has 0 aliphatic rings. The molecule has 30 heavy (non-hydrogen) atoms. The quantitative estimate of drug-likeness (QED) is 0.239. The van der Waals surface area contributed by atoms with Crippen LogP contribution in [0.1, 0.15) is 84.5 Å². The molecule has 0 radical (unpaired) electrons. The van der Waals surface area contributed by atoms with Gasteiger partial charge in [0.25, 0.3) is 0 Å². The number of benzene rings is 1. The first kappa shape index (κ1) is 23.8. The van der Waals surface area contributed by atoms with Gasteiger partial charge in [-0.2, -0.15) is 0 Å². The van der Waals surface area contributed by atoms with E-state index in [0.29, 0.717) is 18.0 Å². The zero-order valence-electron chi connectivity index (χ0n) is 18.6. The van der Waals surface area contributed by atoms with Crippen molar-refractivity contribution in [1.82, 2.24) is 9.97 Å². The van der Waals surface area contributed by atoms with Gasteiger partial charge in [-0.05, 0) is 37.1 Å². The fraction of sp³-hybridized carbons (Fsp3) is 0.560. The van der Waals surface area contributed by atoms with Crippen molar-refractivity contribution in [2.24, 2.45) is 0 Å². The van der Waals surface area contributed by atoms with E-state index >= 15 is 0 Å². The lowest BCUT2D eigenvalue weighted by Gasteiger charge is -2.07. The second-order valence-electron chi connectivity index (χ2n) is 7.67. The topological polar surface area (TPSA) is 61.3 Å². The zero-order chi connectivity index (χ0) is 21.4. The molecular weight excluding hydrogens is 376 g/mol. The maximum absolute atomic E-state index is 11.9. The molecule has 164 valence electrons. The fourth-order valence-electron chi connectivity index (χ4n) is 3.17. The molecule has 2 aromatic rings. The average molecular weight is 413 g/mol. The van der Waals surface area contributed by atoms with Crippen molar-refractivity contribution in [2.45, 2.75) is 84.5 Å². The lowest BCUT2D eigenvalue weighted by Crippen LogP contribution is -2.08. The van der Waals surface area contributed by atoms with Crippen molar-refractivity contribution < 1.29 is 14.3 Å². The highest BCUT2D eigenvalue weighted by atomic mass is 16.5. The number of hydrogen-bond acceptors (Lipinski definition) is 5. The highest BCUT2D eigenvalue weighted by Crippen LogP contribution is 2.21. The first-order chi connectivity index (χ1) is 14.7.